The van der Waals surface area contributed by atoms with Crippen molar-refractivity contribution in [3.8, 4) is 12.3 Å². The van der Waals surface area contributed by atoms with Gasteiger partial charge in [0.2, 0.25) is 0 Å². The van der Waals surface area contributed by atoms with E-state index in [1.54, 1.807) is 0 Å². The minimum atomic E-state index is 0.782. The van der Waals surface area contributed by atoms with E-state index in [0.29, 0.717) is 0 Å². The minimum Gasteiger partial charge on any atom is -0.289 e. The third kappa shape index (κ3) is 3.72. The average molecular weight is 193 g/mol. The van der Waals surface area contributed by atoms with E-state index in [9.17, 15) is 0 Å². The van der Waals surface area contributed by atoms with Gasteiger partial charge in [-0.2, -0.15) is 0 Å². The van der Waals surface area contributed by atoms with Crippen LogP contribution in [0.3, 0.4) is 0 Å². The molecule has 0 saturated heterocycles. The molecule has 1 saturated carbocycles. The van der Waals surface area contributed by atoms with Gasteiger partial charge in [-0.25, -0.2) is 0 Å². The molecular formula is C13H23N. The van der Waals surface area contributed by atoms with Gasteiger partial charge in [0.15, 0.2) is 0 Å². The van der Waals surface area contributed by atoms with Crippen molar-refractivity contribution in [3.05, 3.63) is 0 Å². The number of hydrogen-bond donors (Lipinski definition) is 0. The van der Waals surface area contributed by atoms with Gasteiger partial charge in [0.25, 0.3) is 0 Å². The number of rotatable bonds is 5. The van der Waals surface area contributed by atoms with E-state index in [1.807, 2.05) is 0 Å². The summed E-state index contributed by atoms with van der Waals surface area (Å²) in [6.45, 7) is 6.59. The molecule has 0 spiro atoms. The third-order valence-corrected chi connectivity index (χ3v) is 3.13. The summed E-state index contributed by atoms with van der Waals surface area (Å²) in [4.78, 5) is 2.51. The van der Waals surface area contributed by atoms with Crippen LogP contribution >= 0.6 is 0 Å². The van der Waals surface area contributed by atoms with E-state index in [2.05, 4.69) is 24.7 Å². The highest BCUT2D eigenvalue weighted by Gasteiger charge is 2.21. The van der Waals surface area contributed by atoms with Crippen LogP contribution in [0.25, 0.3) is 0 Å². The molecule has 0 N–H and O–H groups in total. The third-order valence-electron chi connectivity index (χ3n) is 3.13. The van der Waals surface area contributed by atoms with Crippen LogP contribution in [-0.2, 0) is 0 Å². The lowest BCUT2D eigenvalue weighted by Gasteiger charge is -2.27. The first kappa shape index (κ1) is 11.6. The number of hydrogen-bond acceptors (Lipinski definition) is 1. The zero-order valence-electron chi connectivity index (χ0n) is 9.63. The number of terminal acetylenes is 1. The van der Waals surface area contributed by atoms with Gasteiger partial charge in [-0.1, -0.05) is 32.6 Å². The average Bonchev–Trinajstić information content (AvgIpc) is 2.64. The fraction of sp³-hybridized carbons (Fsp3) is 0.846. The first-order valence-electron chi connectivity index (χ1n) is 5.91. The Labute approximate surface area is 88.9 Å². The molecule has 1 nitrogen and oxygen atoms in total. The molecule has 0 heterocycles. The fourth-order valence-electron chi connectivity index (χ4n) is 2.20. The Morgan fingerprint density at radius 1 is 1.36 bits per heavy atom. The molecule has 80 valence electrons. The van der Waals surface area contributed by atoms with Gasteiger partial charge in [0.1, 0.15) is 0 Å². The van der Waals surface area contributed by atoms with Crippen LogP contribution in [0.5, 0.6) is 0 Å². The molecule has 1 rings (SSSR count). The second-order valence-corrected chi connectivity index (χ2v) is 4.80. The molecule has 1 aliphatic carbocycles. The summed E-state index contributed by atoms with van der Waals surface area (Å²) in [7, 11) is 0. The van der Waals surface area contributed by atoms with Gasteiger partial charge in [0, 0.05) is 6.04 Å². The zero-order valence-corrected chi connectivity index (χ0v) is 9.63. The van der Waals surface area contributed by atoms with Gasteiger partial charge in [-0.15, -0.1) is 6.42 Å². The lowest BCUT2D eigenvalue weighted by molar-refractivity contribution is 0.212. The van der Waals surface area contributed by atoms with Gasteiger partial charge in [-0.05, 0) is 31.7 Å². The highest BCUT2D eigenvalue weighted by atomic mass is 15.1. The second kappa shape index (κ2) is 6.09. The van der Waals surface area contributed by atoms with Crippen LogP contribution in [0.2, 0.25) is 0 Å². The first-order chi connectivity index (χ1) is 6.74. The molecule has 0 aromatic carbocycles. The molecular weight excluding hydrogens is 170 g/mol. The molecule has 0 atom stereocenters. The SMILES string of the molecule is C#CCN(CCC(C)C)C1CCCC1. The standard InChI is InChI=1S/C13H23N/c1-4-10-14(11-9-12(2)3)13-7-5-6-8-13/h1,12-13H,5-11H2,2-3H3. The lowest BCUT2D eigenvalue weighted by atomic mass is 10.1. The molecule has 0 bridgehead atoms. The number of nitrogens with zero attached hydrogens (tertiary/aromatic N) is 1. The molecule has 0 unspecified atom stereocenters. The Balaban J connectivity index is 2.34. The van der Waals surface area contributed by atoms with Gasteiger partial charge < -0.3 is 0 Å². The van der Waals surface area contributed by atoms with Gasteiger partial charge >= 0.3 is 0 Å². The Hall–Kier alpha value is -0.480. The quantitative estimate of drug-likeness (QED) is 0.607. The van der Waals surface area contributed by atoms with E-state index < -0.39 is 0 Å². The van der Waals surface area contributed by atoms with Crippen molar-refractivity contribution in [2.75, 3.05) is 13.1 Å². The molecule has 0 aromatic rings. The van der Waals surface area contributed by atoms with Crippen LogP contribution in [0.15, 0.2) is 0 Å². The smallest absolute Gasteiger partial charge is 0.0601 e. The highest BCUT2D eigenvalue weighted by molar-refractivity contribution is 4.91. The Morgan fingerprint density at radius 3 is 2.50 bits per heavy atom. The molecule has 0 radical (unpaired) electrons. The van der Waals surface area contributed by atoms with E-state index in [1.165, 1.54) is 38.6 Å². The molecule has 1 heteroatoms. The van der Waals surface area contributed by atoms with Crippen LogP contribution < -0.4 is 0 Å². The maximum Gasteiger partial charge on any atom is 0.0601 e. The van der Waals surface area contributed by atoms with E-state index >= 15 is 0 Å². The van der Waals surface area contributed by atoms with Crippen molar-refractivity contribution in [1.82, 2.24) is 4.90 Å². The topological polar surface area (TPSA) is 3.24 Å². The summed E-state index contributed by atoms with van der Waals surface area (Å²) in [6.07, 6.45) is 12.2. The first-order valence-corrected chi connectivity index (χ1v) is 5.91. The Morgan fingerprint density at radius 2 is 2.00 bits per heavy atom. The summed E-state index contributed by atoms with van der Waals surface area (Å²) in [5.74, 6) is 3.58. The van der Waals surface area contributed by atoms with E-state index in [0.717, 1.165) is 18.5 Å². The Bertz CT molecular complexity index is 184. The summed E-state index contributed by atoms with van der Waals surface area (Å²) < 4.78 is 0. The normalized spacial score (nSPS) is 17.9. The van der Waals surface area contributed by atoms with E-state index in [4.69, 9.17) is 6.42 Å². The zero-order chi connectivity index (χ0) is 10.4. The molecule has 0 aromatic heterocycles. The summed E-state index contributed by atoms with van der Waals surface area (Å²) in [5.41, 5.74) is 0. The minimum absolute atomic E-state index is 0.782. The van der Waals surface area contributed by atoms with Crippen molar-refractivity contribution < 1.29 is 0 Å². The highest BCUT2D eigenvalue weighted by Crippen LogP contribution is 2.23. The maximum absolute atomic E-state index is 5.41. The predicted octanol–water partition coefficient (Wildman–Crippen LogP) is 2.91. The van der Waals surface area contributed by atoms with Crippen molar-refractivity contribution in [2.24, 2.45) is 5.92 Å². The Kier molecular flexibility index (Phi) is 5.04. The second-order valence-electron chi connectivity index (χ2n) is 4.80. The van der Waals surface area contributed by atoms with Crippen LogP contribution in [0.1, 0.15) is 46.0 Å². The molecule has 14 heavy (non-hydrogen) atoms. The van der Waals surface area contributed by atoms with Gasteiger partial charge in [-0.3, -0.25) is 4.90 Å². The van der Waals surface area contributed by atoms with Crippen molar-refractivity contribution in [3.63, 3.8) is 0 Å². The lowest BCUT2D eigenvalue weighted by Crippen LogP contribution is -2.35. The van der Waals surface area contributed by atoms with Gasteiger partial charge in [0.05, 0.1) is 6.54 Å². The fourth-order valence-corrected chi connectivity index (χ4v) is 2.20. The van der Waals surface area contributed by atoms with Crippen molar-refractivity contribution in [2.45, 2.75) is 52.0 Å². The van der Waals surface area contributed by atoms with Crippen LogP contribution in [0, 0.1) is 18.3 Å². The largest absolute Gasteiger partial charge is 0.289 e. The molecule has 1 aliphatic rings. The molecule has 0 aliphatic heterocycles. The molecule has 0 amide bonds. The van der Waals surface area contributed by atoms with Crippen molar-refractivity contribution in [1.29, 1.82) is 0 Å². The van der Waals surface area contributed by atoms with Crippen molar-refractivity contribution >= 4 is 0 Å². The summed E-state index contributed by atoms with van der Waals surface area (Å²) in [5, 5.41) is 0. The predicted molar refractivity (Wildman–Crippen MR) is 62.1 cm³/mol. The van der Waals surface area contributed by atoms with Crippen LogP contribution in [0.4, 0.5) is 0 Å². The van der Waals surface area contributed by atoms with E-state index in [-0.39, 0.29) is 0 Å². The summed E-state index contributed by atoms with van der Waals surface area (Å²) >= 11 is 0. The maximum atomic E-state index is 5.41. The summed E-state index contributed by atoms with van der Waals surface area (Å²) in [6, 6.07) is 0.782. The van der Waals surface area contributed by atoms with Crippen LogP contribution in [-0.4, -0.2) is 24.0 Å². The molecule has 1 fully saturated rings. The monoisotopic (exact) mass is 193 g/mol.